The fraction of sp³-hybridized carbons (Fsp3) is 0.350. The van der Waals surface area contributed by atoms with E-state index < -0.39 is 45.1 Å². The number of rotatable bonds is 5. The Morgan fingerprint density at radius 1 is 1.26 bits per heavy atom. The summed E-state index contributed by atoms with van der Waals surface area (Å²) in [4.78, 5) is 15.4. The van der Waals surface area contributed by atoms with Crippen LogP contribution in [0.3, 0.4) is 0 Å². The van der Waals surface area contributed by atoms with Crippen LogP contribution >= 0.6 is 11.6 Å². The maximum Gasteiger partial charge on any atom is 0.419 e. The van der Waals surface area contributed by atoms with E-state index in [0.29, 0.717) is 25.0 Å². The van der Waals surface area contributed by atoms with Gasteiger partial charge in [0.1, 0.15) is 17.0 Å². The smallest absolute Gasteiger partial charge is 0.326 e. The lowest BCUT2D eigenvalue weighted by molar-refractivity contribution is -0.140. The molecule has 1 heterocycles. The Bertz CT molecular complexity index is 1260. The van der Waals surface area contributed by atoms with Gasteiger partial charge >= 0.3 is 12.1 Å². The molecule has 0 saturated carbocycles. The molecule has 14 heteroatoms. The van der Waals surface area contributed by atoms with Crippen LogP contribution in [0.4, 0.5) is 17.6 Å². The largest absolute Gasteiger partial charge is 0.419 e. The molecule has 3 rings (SSSR count). The molecule has 1 amide bonds. The first-order valence-corrected chi connectivity index (χ1v) is 11.8. The van der Waals surface area contributed by atoms with E-state index in [4.69, 9.17) is 17.3 Å². The van der Waals surface area contributed by atoms with Gasteiger partial charge < -0.3 is 5.73 Å². The maximum atomic E-state index is 13.4. The quantitative estimate of drug-likeness (QED) is 0.365. The van der Waals surface area contributed by atoms with Gasteiger partial charge in [-0.1, -0.05) is 17.7 Å². The first kappa shape index (κ1) is 25.9. The van der Waals surface area contributed by atoms with Crippen molar-refractivity contribution in [3.8, 4) is 0 Å². The highest BCUT2D eigenvalue weighted by molar-refractivity contribution is 7.89. The number of hydrogen-bond acceptors (Lipinski definition) is 5. The first-order chi connectivity index (χ1) is 15.9. The third kappa shape index (κ3) is 5.68. The van der Waals surface area contributed by atoms with Crippen LogP contribution in [0.1, 0.15) is 34.3 Å². The van der Waals surface area contributed by atoms with Gasteiger partial charge in [0, 0.05) is 35.8 Å². The molecule has 1 aliphatic heterocycles. The Morgan fingerprint density at radius 2 is 2.00 bits per heavy atom. The summed E-state index contributed by atoms with van der Waals surface area (Å²) >= 11 is 6.07. The third-order valence-corrected chi connectivity index (χ3v) is 7.43. The number of amides is 1. The number of nitrogens with zero attached hydrogens (tertiary/aromatic N) is 4. The Kier molecular flexibility index (Phi) is 7.84. The second kappa shape index (κ2) is 10.3. The van der Waals surface area contributed by atoms with Crippen molar-refractivity contribution in [1.29, 1.82) is 0 Å². The topological polar surface area (TPSA) is 119 Å². The molecule has 2 aromatic carbocycles. The first-order valence-electron chi connectivity index (χ1n) is 9.94. The number of halogens is 5. The zero-order valence-electron chi connectivity index (χ0n) is 17.5. The molecule has 8 nitrogen and oxygen atoms in total. The van der Waals surface area contributed by atoms with Crippen LogP contribution in [-0.2, 0) is 22.7 Å². The molecule has 1 fully saturated rings. The van der Waals surface area contributed by atoms with Crippen molar-refractivity contribution in [3.05, 3.63) is 63.9 Å². The molecule has 0 aromatic heterocycles. The monoisotopic (exact) mass is 520 g/mol. The van der Waals surface area contributed by atoms with Crippen LogP contribution in [0.5, 0.6) is 0 Å². The van der Waals surface area contributed by atoms with Crippen molar-refractivity contribution >= 4 is 27.5 Å². The second-order valence-electron chi connectivity index (χ2n) is 7.38. The number of nitrogens with two attached hydrogens (primary N) is 1. The molecule has 1 atom stereocenters. The standard InChI is InChI=1S/C20H19ClF4N5O3S/c21-16-4-1-5-18(14(16)10-26)34(32,33)30-8-2-3-13(11-30)27-29-28-19(31)12-6-7-17(22)15(9-12)20(23,24)25/h1,4-7,9,13H,2-3,8,10-11,26H2/q+1/t13-/m0/s1. The minimum Gasteiger partial charge on any atom is -0.326 e. The lowest BCUT2D eigenvalue weighted by atomic mass is 10.1. The molecule has 34 heavy (non-hydrogen) atoms. The molecule has 1 aliphatic rings. The molecule has 2 N–H and O–H groups in total. The fourth-order valence-electron chi connectivity index (χ4n) is 3.42. The average molecular weight is 521 g/mol. The summed E-state index contributed by atoms with van der Waals surface area (Å²) in [6, 6.07) is 5.50. The Labute approximate surface area is 197 Å². The second-order valence-corrected chi connectivity index (χ2v) is 9.70. The minimum absolute atomic E-state index is 0.0169. The fourth-order valence-corrected chi connectivity index (χ4v) is 5.50. The average Bonchev–Trinajstić information content (AvgIpc) is 2.78. The van der Waals surface area contributed by atoms with Gasteiger partial charge in [-0.05, 0) is 43.2 Å². The van der Waals surface area contributed by atoms with Gasteiger partial charge in [-0.2, -0.15) is 17.5 Å². The molecule has 2 aromatic rings. The van der Waals surface area contributed by atoms with E-state index in [0.717, 1.165) is 6.07 Å². The van der Waals surface area contributed by atoms with E-state index in [2.05, 4.69) is 15.1 Å². The maximum absolute atomic E-state index is 13.4. The zero-order valence-corrected chi connectivity index (χ0v) is 19.0. The Morgan fingerprint density at radius 3 is 2.68 bits per heavy atom. The summed E-state index contributed by atoms with van der Waals surface area (Å²) in [6.07, 6.45) is -4.08. The van der Waals surface area contributed by atoms with Crippen molar-refractivity contribution in [2.45, 2.75) is 36.5 Å². The summed E-state index contributed by atoms with van der Waals surface area (Å²) in [7, 11) is -3.94. The van der Waals surface area contributed by atoms with Crippen molar-refractivity contribution in [2.75, 3.05) is 13.1 Å². The summed E-state index contributed by atoms with van der Waals surface area (Å²) in [6.45, 7) is 0.0865. The highest BCUT2D eigenvalue weighted by Gasteiger charge is 2.35. The number of carbonyl (C=O) groups excluding carboxylic acids is 1. The summed E-state index contributed by atoms with van der Waals surface area (Å²) in [5, 5.41) is 7.32. The van der Waals surface area contributed by atoms with Crippen LogP contribution in [0, 0.1) is 5.82 Å². The number of benzene rings is 2. The van der Waals surface area contributed by atoms with Gasteiger partial charge in [-0.25, -0.2) is 12.8 Å². The SMILES string of the molecule is NCc1c(Cl)cccc1S(=O)(=O)N1CCC[C@H](N=[N+]=NC(=O)c2ccc(F)c(C(F)(F)F)c2)C1. The van der Waals surface area contributed by atoms with Crippen LogP contribution in [0.15, 0.2) is 51.5 Å². The van der Waals surface area contributed by atoms with E-state index in [9.17, 15) is 30.8 Å². The van der Waals surface area contributed by atoms with Gasteiger partial charge in [0.25, 0.3) is 0 Å². The van der Waals surface area contributed by atoms with Crippen molar-refractivity contribution in [1.82, 2.24) is 9.22 Å². The van der Waals surface area contributed by atoms with Gasteiger partial charge in [-0.15, -0.1) is 0 Å². The van der Waals surface area contributed by atoms with Gasteiger partial charge in [-0.3, -0.25) is 4.79 Å². The lowest BCUT2D eigenvalue weighted by Crippen LogP contribution is -2.42. The number of hydrogen-bond donors (Lipinski definition) is 1. The Balaban J connectivity index is 1.77. The zero-order chi connectivity index (χ0) is 25.1. The summed E-state index contributed by atoms with van der Waals surface area (Å²) < 4.78 is 79.3. The molecule has 1 saturated heterocycles. The van der Waals surface area contributed by atoms with E-state index in [1.54, 1.807) is 0 Å². The number of sulfonamides is 1. The van der Waals surface area contributed by atoms with Crippen molar-refractivity contribution in [3.63, 3.8) is 0 Å². The third-order valence-electron chi connectivity index (χ3n) is 5.13. The Hall–Kier alpha value is -2.70. The molecule has 0 radical (unpaired) electrons. The highest BCUT2D eigenvalue weighted by Crippen LogP contribution is 2.32. The summed E-state index contributed by atoms with van der Waals surface area (Å²) in [5.41, 5.74) is 3.83. The van der Waals surface area contributed by atoms with Crippen molar-refractivity contribution in [2.24, 2.45) is 16.0 Å². The van der Waals surface area contributed by atoms with E-state index in [-0.39, 0.29) is 35.1 Å². The predicted molar refractivity (Wildman–Crippen MR) is 114 cm³/mol. The minimum atomic E-state index is -4.98. The normalized spacial score (nSPS) is 17.2. The van der Waals surface area contributed by atoms with E-state index in [1.807, 2.05) is 0 Å². The van der Waals surface area contributed by atoms with Crippen LogP contribution in [-0.4, -0.2) is 37.8 Å². The van der Waals surface area contributed by atoms with Gasteiger partial charge in [0.2, 0.25) is 20.0 Å². The van der Waals surface area contributed by atoms with Crippen molar-refractivity contribution < 1.29 is 30.8 Å². The molecule has 0 aliphatic carbocycles. The number of carbonyl (C=O) groups is 1. The molecular formula is C20H19ClF4N5O3S+. The van der Waals surface area contributed by atoms with Gasteiger partial charge in [0.05, 0.1) is 10.5 Å². The van der Waals surface area contributed by atoms with Crippen LogP contribution < -0.4 is 10.6 Å². The molecule has 182 valence electrons. The van der Waals surface area contributed by atoms with Crippen LogP contribution in [0.2, 0.25) is 5.02 Å². The molecule has 0 unspecified atom stereocenters. The molecule has 0 spiro atoms. The summed E-state index contributed by atoms with van der Waals surface area (Å²) in [5.74, 6) is -2.67. The van der Waals surface area contributed by atoms with E-state index in [1.165, 1.54) is 22.5 Å². The molecule has 0 bridgehead atoms. The van der Waals surface area contributed by atoms with E-state index >= 15 is 0 Å². The number of piperidine rings is 1. The lowest BCUT2D eigenvalue weighted by Gasteiger charge is -2.28. The predicted octanol–water partition coefficient (Wildman–Crippen LogP) is 3.92. The van der Waals surface area contributed by atoms with Crippen LogP contribution in [0.25, 0.3) is 0 Å². The number of alkyl halides is 3. The van der Waals surface area contributed by atoms with Gasteiger partial charge in [0.15, 0.2) is 0 Å². The molecular weight excluding hydrogens is 502 g/mol. The highest BCUT2D eigenvalue weighted by atomic mass is 35.5.